The third kappa shape index (κ3) is 5.86. The van der Waals surface area contributed by atoms with Crippen molar-refractivity contribution in [3.8, 4) is 5.75 Å². The summed E-state index contributed by atoms with van der Waals surface area (Å²) in [4.78, 5) is 14.5. The molecule has 0 bridgehead atoms. The maximum absolute atomic E-state index is 13.3. The summed E-state index contributed by atoms with van der Waals surface area (Å²) in [6.45, 7) is 9.17. The molecule has 1 heterocycles. The first-order chi connectivity index (χ1) is 13.9. The molecule has 2 atom stereocenters. The fourth-order valence-electron chi connectivity index (χ4n) is 3.54. The topological polar surface area (TPSA) is 96.4 Å². The van der Waals surface area contributed by atoms with Crippen LogP contribution in [0.3, 0.4) is 0 Å². The minimum absolute atomic E-state index is 0.0676. The number of piperazine rings is 1. The fourth-order valence-corrected chi connectivity index (χ4v) is 5.18. The highest BCUT2D eigenvalue weighted by molar-refractivity contribution is 7.89. The second kappa shape index (κ2) is 9.53. The molecule has 170 valence electrons. The summed E-state index contributed by atoms with van der Waals surface area (Å²) >= 11 is 0. The minimum Gasteiger partial charge on any atom is -0.497 e. The average Bonchev–Trinajstić information content (AvgIpc) is 2.65. The van der Waals surface area contributed by atoms with Crippen LogP contribution in [0.2, 0.25) is 0 Å². The molecule has 8 nitrogen and oxygen atoms in total. The van der Waals surface area contributed by atoms with E-state index in [9.17, 15) is 18.3 Å². The highest BCUT2D eigenvalue weighted by Gasteiger charge is 2.43. The zero-order chi connectivity index (χ0) is 22.7. The zero-order valence-electron chi connectivity index (χ0n) is 18.7. The molecule has 1 aliphatic heterocycles. The number of methoxy groups -OCH3 is 1. The maximum atomic E-state index is 13.3. The lowest BCUT2D eigenvalue weighted by atomic mass is 9.99. The number of hydrogen-bond acceptors (Lipinski definition) is 6. The van der Waals surface area contributed by atoms with Gasteiger partial charge >= 0.3 is 6.09 Å². The summed E-state index contributed by atoms with van der Waals surface area (Å²) in [7, 11) is -2.35. The highest BCUT2D eigenvalue weighted by atomic mass is 32.2. The Labute approximate surface area is 179 Å². The first-order valence-corrected chi connectivity index (χ1v) is 11.6. The van der Waals surface area contributed by atoms with Crippen LogP contribution in [0.4, 0.5) is 4.79 Å². The van der Waals surface area contributed by atoms with Crippen LogP contribution in [0.5, 0.6) is 5.75 Å². The molecule has 1 aromatic rings. The summed E-state index contributed by atoms with van der Waals surface area (Å²) in [6, 6.07) is 5.04. The molecule has 9 heteroatoms. The average molecular weight is 443 g/mol. The number of rotatable bonds is 6. The number of ether oxygens (including phenoxy) is 2. The van der Waals surface area contributed by atoms with Crippen molar-refractivity contribution in [3.63, 3.8) is 0 Å². The molecule has 0 aliphatic carbocycles. The van der Waals surface area contributed by atoms with Crippen molar-refractivity contribution < 1.29 is 27.8 Å². The van der Waals surface area contributed by atoms with Crippen molar-refractivity contribution in [1.29, 1.82) is 0 Å². The number of amides is 1. The molecule has 2 rings (SSSR count). The van der Waals surface area contributed by atoms with Gasteiger partial charge in [-0.25, -0.2) is 13.2 Å². The van der Waals surface area contributed by atoms with Crippen LogP contribution in [0.1, 0.15) is 41.0 Å². The van der Waals surface area contributed by atoms with Gasteiger partial charge < -0.3 is 19.5 Å². The lowest BCUT2D eigenvalue weighted by Crippen LogP contribution is -2.62. The second-order valence-corrected chi connectivity index (χ2v) is 10.9. The normalized spacial score (nSPS) is 21.0. The van der Waals surface area contributed by atoms with Crippen molar-refractivity contribution in [2.75, 3.05) is 26.8 Å². The van der Waals surface area contributed by atoms with E-state index in [1.807, 2.05) is 13.8 Å². The standard InChI is InChI=1S/C21H34N2O6S/c1-15(2)11-16-13-23(30(26,27)19-9-7-18(28-6)8-10-19)17(14-24)12-22(16)20(25)29-21(3,4)5/h7-10,15-17,24H,11-14H2,1-6H3/t16-,17-/m1/s1. The van der Waals surface area contributed by atoms with Gasteiger partial charge in [-0.05, 0) is 57.4 Å². The van der Waals surface area contributed by atoms with Crippen molar-refractivity contribution in [1.82, 2.24) is 9.21 Å². The molecule has 1 saturated heterocycles. The SMILES string of the molecule is COc1ccc(S(=O)(=O)N2C[C@@H](CC(C)C)N(C(=O)OC(C)(C)C)C[C@@H]2CO)cc1. The van der Waals surface area contributed by atoms with Crippen molar-refractivity contribution in [2.45, 2.75) is 63.6 Å². The van der Waals surface area contributed by atoms with Crippen LogP contribution in [0.15, 0.2) is 29.2 Å². The lowest BCUT2D eigenvalue weighted by molar-refractivity contribution is -0.0112. The Balaban J connectivity index is 2.36. The Morgan fingerprint density at radius 2 is 1.77 bits per heavy atom. The van der Waals surface area contributed by atoms with Crippen LogP contribution in [-0.2, 0) is 14.8 Å². The van der Waals surface area contributed by atoms with Crippen molar-refractivity contribution in [3.05, 3.63) is 24.3 Å². The van der Waals surface area contributed by atoms with Gasteiger partial charge in [-0.15, -0.1) is 0 Å². The molecule has 1 aliphatic rings. The molecule has 0 radical (unpaired) electrons. The monoisotopic (exact) mass is 442 g/mol. The van der Waals surface area contributed by atoms with E-state index >= 15 is 0 Å². The fraction of sp³-hybridized carbons (Fsp3) is 0.667. The van der Waals surface area contributed by atoms with Gasteiger partial charge in [0.2, 0.25) is 10.0 Å². The third-order valence-corrected chi connectivity index (χ3v) is 6.83. The van der Waals surface area contributed by atoms with Crippen LogP contribution in [-0.4, -0.2) is 73.3 Å². The van der Waals surface area contributed by atoms with Crippen LogP contribution >= 0.6 is 0 Å². The first kappa shape index (κ1) is 24.4. The molecule has 30 heavy (non-hydrogen) atoms. The second-order valence-electron chi connectivity index (χ2n) is 9.00. The van der Waals surface area contributed by atoms with Gasteiger partial charge in [-0.3, -0.25) is 0 Å². The Bertz CT molecular complexity index is 817. The minimum atomic E-state index is -3.86. The number of hydrogen-bond donors (Lipinski definition) is 1. The van der Waals surface area contributed by atoms with Gasteiger partial charge in [-0.2, -0.15) is 4.31 Å². The zero-order valence-corrected chi connectivity index (χ0v) is 19.5. The van der Waals surface area contributed by atoms with Gasteiger partial charge in [0, 0.05) is 19.1 Å². The van der Waals surface area contributed by atoms with Crippen LogP contribution in [0, 0.1) is 5.92 Å². The van der Waals surface area contributed by atoms with Gasteiger partial charge in [0.25, 0.3) is 0 Å². The van der Waals surface area contributed by atoms with Crippen LogP contribution in [0.25, 0.3) is 0 Å². The van der Waals surface area contributed by atoms with Crippen molar-refractivity contribution in [2.24, 2.45) is 5.92 Å². The summed E-state index contributed by atoms with van der Waals surface area (Å²) in [5.41, 5.74) is -0.666. The number of carbonyl (C=O) groups excluding carboxylic acids is 1. The highest BCUT2D eigenvalue weighted by Crippen LogP contribution is 2.29. The molecule has 0 aromatic heterocycles. The molecule has 1 fully saturated rings. The Kier molecular flexibility index (Phi) is 7.76. The molecule has 0 saturated carbocycles. The number of sulfonamides is 1. The van der Waals surface area contributed by atoms with E-state index in [1.54, 1.807) is 37.8 Å². The van der Waals surface area contributed by atoms with E-state index in [0.29, 0.717) is 12.2 Å². The molecule has 1 aromatic carbocycles. The number of aliphatic hydroxyl groups excluding tert-OH is 1. The lowest BCUT2D eigenvalue weighted by Gasteiger charge is -2.45. The van der Waals surface area contributed by atoms with E-state index in [1.165, 1.54) is 23.5 Å². The van der Waals surface area contributed by atoms with Gasteiger partial charge in [0.15, 0.2) is 0 Å². The molecule has 0 unspecified atom stereocenters. The van der Waals surface area contributed by atoms with Gasteiger partial charge in [0.1, 0.15) is 11.4 Å². The molecular weight excluding hydrogens is 408 g/mol. The summed E-state index contributed by atoms with van der Waals surface area (Å²) in [5.74, 6) is 0.802. The first-order valence-electron chi connectivity index (χ1n) is 10.2. The van der Waals surface area contributed by atoms with E-state index in [4.69, 9.17) is 9.47 Å². The van der Waals surface area contributed by atoms with Crippen LogP contribution < -0.4 is 4.74 Å². The Morgan fingerprint density at radius 1 is 1.17 bits per heavy atom. The Hall–Kier alpha value is -1.84. The van der Waals surface area contributed by atoms with E-state index in [2.05, 4.69) is 0 Å². The van der Waals surface area contributed by atoms with Gasteiger partial charge in [-0.1, -0.05) is 13.8 Å². The van der Waals surface area contributed by atoms with E-state index in [-0.39, 0.29) is 29.9 Å². The predicted octanol–water partition coefficient (Wildman–Crippen LogP) is 2.71. The maximum Gasteiger partial charge on any atom is 0.410 e. The molecule has 0 spiro atoms. The third-order valence-electron chi connectivity index (χ3n) is 4.89. The number of nitrogens with zero attached hydrogens (tertiary/aromatic N) is 2. The quantitative estimate of drug-likeness (QED) is 0.728. The van der Waals surface area contributed by atoms with E-state index < -0.39 is 34.4 Å². The largest absolute Gasteiger partial charge is 0.497 e. The number of benzene rings is 1. The summed E-state index contributed by atoms with van der Waals surface area (Å²) in [5, 5.41) is 9.95. The molecule has 1 amide bonds. The van der Waals surface area contributed by atoms with Gasteiger partial charge in [0.05, 0.1) is 24.7 Å². The summed E-state index contributed by atoms with van der Waals surface area (Å²) in [6.07, 6.45) is 0.125. The molecular formula is C21H34N2O6S. The smallest absolute Gasteiger partial charge is 0.410 e. The van der Waals surface area contributed by atoms with E-state index in [0.717, 1.165) is 0 Å². The number of carbonyl (C=O) groups is 1. The number of aliphatic hydroxyl groups is 1. The Morgan fingerprint density at radius 3 is 2.23 bits per heavy atom. The molecule has 1 N–H and O–H groups in total. The van der Waals surface area contributed by atoms with Crippen molar-refractivity contribution >= 4 is 16.1 Å². The summed E-state index contributed by atoms with van der Waals surface area (Å²) < 4.78 is 38.6. The predicted molar refractivity (Wildman–Crippen MR) is 114 cm³/mol.